The zero-order valence-electron chi connectivity index (χ0n) is 11.6. The monoisotopic (exact) mass is 291 g/mol. The summed E-state index contributed by atoms with van der Waals surface area (Å²) < 4.78 is 5.86. The van der Waals surface area contributed by atoms with Gasteiger partial charge in [0.1, 0.15) is 11.1 Å². The lowest BCUT2D eigenvalue weighted by molar-refractivity contribution is 0.164. The molecule has 0 spiro atoms. The summed E-state index contributed by atoms with van der Waals surface area (Å²) in [6, 6.07) is 0.455. The van der Waals surface area contributed by atoms with Gasteiger partial charge in [-0.2, -0.15) is 0 Å². The van der Waals surface area contributed by atoms with Crippen molar-refractivity contribution in [2.45, 2.75) is 32.8 Å². The molecule has 7 heteroatoms. The van der Waals surface area contributed by atoms with Crippen LogP contribution in [0.15, 0.2) is 12.4 Å². The minimum atomic E-state index is 0.107. The topological polar surface area (TPSA) is 64.0 Å². The van der Waals surface area contributed by atoms with Crippen molar-refractivity contribution in [1.29, 1.82) is 0 Å². The molecule has 20 heavy (non-hydrogen) atoms. The van der Waals surface area contributed by atoms with Crippen LogP contribution in [-0.2, 0) is 0 Å². The second-order valence-corrected chi connectivity index (χ2v) is 6.13. The molecule has 1 unspecified atom stereocenters. The van der Waals surface area contributed by atoms with E-state index < -0.39 is 0 Å². The lowest BCUT2D eigenvalue weighted by Crippen LogP contribution is -2.41. The molecule has 6 nitrogen and oxygen atoms in total. The van der Waals surface area contributed by atoms with Crippen LogP contribution in [0.3, 0.4) is 0 Å². The van der Waals surface area contributed by atoms with E-state index in [1.165, 1.54) is 0 Å². The molecule has 1 aliphatic heterocycles. The van der Waals surface area contributed by atoms with Crippen LogP contribution in [0.2, 0.25) is 0 Å². The molecule has 1 atom stereocenters. The summed E-state index contributed by atoms with van der Waals surface area (Å²) in [6.45, 7) is 5.75. The first-order valence-corrected chi connectivity index (χ1v) is 7.53. The largest absolute Gasteiger partial charge is 0.458 e. The molecular weight excluding hydrogens is 274 g/mol. The van der Waals surface area contributed by atoms with Crippen molar-refractivity contribution in [1.82, 2.24) is 20.2 Å². The molecule has 3 heterocycles. The van der Waals surface area contributed by atoms with Gasteiger partial charge in [-0.05, 0) is 32.3 Å². The van der Waals surface area contributed by atoms with Crippen molar-refractivity contribution >= 4 is 16.5 Å². The first kappa shape index (κ1) is 13.2. The van der Waals surface area contributed by atoms with Crippen LogP contribution in [0.1, 0.15) is 23.4 Å². The van der Waals surface area contributed by atoms with Gasteiger partial charge in [-0.3, -0.25) is 0 Å². The Morgan fingerprint density at radius 2 is 2.05 bits per heavy atom. The lowest BCUT2D eigenvalue weighted by Gasteiger charge is -2.31. The third-order valence-corrected chi connectivity index (χ3v) is 4.09. The molecule has 1 aliphatic rings. The molecule has 0 N–H and O–H groups in total. The summed E-state index contributed by atoms with van der Waals surface area (Å²) in [5.41, 5.74) is 1.03. The Morgan fingerprint density at radius 3 is 2.75 bits per heavy atom. The van der Waals surface area contributed by atoms with Crippen LogP contribution < -0.4 is 9.64 Å². The minimum absolute atomic E-state index is 0.107. The molecule has 0 aromatic carbocycles. The second-order valence-electron chi connectivity index (χ2n) is 4.97. The first-order valence-electron chi connectivity index (χ1n) is 6.71. The zero-order valence-corrected chi connectivity index (χ0v) is 12.4. The zero-order chi connectivity index (χ0) is 13.9. The Morgan fingerprint density at radius 1 is 1.25 bits per heavy atom. The van der Waals surface area contributed by atoms with Gasteiger partial charge in [0.2, 0.25) is 5.13 Å². The molecule has 0 aliphatic carbocycles. The number of hydrogen-bond donors (Lipinski definition) is 0. The van der Waals surface area contributed by atoms with E-state index >= 15 is 0 Å². The van der Waals surface area contributed by atoms with E-state index in [1.807, 2.05) is 13.8 Å². The first-order chi connectivity index (χ1) is 9.70. The standard InChI is InChI=1S/C13H17N5OS/c1-9-6-14-12(15-7-9)19-11-4-3-5-18(8-11)13-17-16-10(2)20-13/h6-7,11H,3-5,8H2,1-2H3. The number of piperidine rings is 1. The van der Waals surface area contributed by atoms with Crippen LogP contribution in [0, 0.1) is 13.8 Å². The summed E-state index contributed by atoms with van der Waals surface area (Å²) >= 11 is 1.62. The summed E-state index contributed by atoms with van der Waals surface area (Å²) in [5.74, 6) is 0. The maximum absolute atomic E-state index is 5.86. The quantitative estimate of drug-likeness (QED) is 0.861. The third-order valence-electron chi connectivity index (χ3n) is 3.19. The van der Waals surface area contributed by atoms with E-state index in [1.54, 1.807) is 23.7 Å². The smallest absolute Gasteiger partial charge is 0.316 e. The van der Waals surface area contributed by atoms with Gasteiger partial charge in [-0.15, -0.1) is 10.2 Å². The van der Waals surface area contributed by atoms with Crippen LogP contribution in [-0.4, -0.2) is 39.4 Å². The van der Waals surface area contributed by atoms with Crippen LogP contribution >= 0.6 is 11.3 Å². The molecule has 1 saturated heterocycles. The highest BCUT2D eigenvalue weighted by molar-refractivity contribution is 7.15. The van der Waals surface area contributed by atoms with Crippen LogP contribution in [0.4, 0.5) is 5.13 Å². The van der Waals surface area contributed by atoms with Gasteiger partial charge < -0.3 is 9.64 Å². The molecular formula is C13H17N5OS. The summed E-state index contributed by atoms with van der Waals surface area (Å²) in [7, 11) is 0. The van der Waals surface area contributed by atoms with Gasteiger partial charge >= 0.3 is 6.01 Å². The summed E-state index contributed by atoms with van der Waals surface area (Å²) in [4.78, 5) is 10.6. The summed E-state index contributed by atoms with van der Waals surface area (Å²) in [5, 5.41) is 10.2. The lowest BCUT2D eigenvalue weighted by atomic mass is 10.1. The number of aromatic nitrogens is 4. The van der Waals surface area contributed by atoms with Crippen molar-refractivity contribution in [3.8, 4) is 6.01 Å². The number of rotatable bonds is 3. The van der Waals surface area contributed by atoms with Crippen molar-refractivity contribution in [3.05, 3.63) is 23.0 Å². The van der Waals surface area contributed by atoms with E-state index in [9.17, 15) is 0 Å². The van der Waals surface area contributed by atoms with Gasteiger partial charge in [-0.1, -0.05) is 11.3 Å². The maximum atomic E-state index is 5.86. The number of hydrogen-bond acceptors (Lipinski definition) is 7. The molecule has 0 amide bonds. The van der Waals surface area contributed by atoms with Gasteiger partial charge in [0, 0.05) is 18.9 Å². The average Bonchev–Trinajstić information content (AvgIpc) is 2.89. The van der Waals surface area contributed by atoms with E-state index in [4.69, 9.17) is 4.74 Å². The van der Waals surface area contributed by atoms with E-state index in [2.05, 4.69) is 25.1 Å². The number of ether oxygens (including phenoxy) is 1. The van der Waals surface area contributed by atoms with Gasteiger partial charge in [0.05, 0.1) is 6.54 Å². The van der Waals surface area contributed by atoms with Gasteiger partial charge in [0.25, 0.3) is 0 Å². The second kappa shape index (κ2) is 5.70. The van der Waals surface area contributed by atoms with Crippen molar-refractivity contribution in [2.24, 2.45) is 0 Å². The molecule has 0 saturated carbocycles. The van der Waals surface area contributed by atoms with Crippen molar-refractivity contribution < 1.29 is 4.74 Å². The SMILES string of the molecule is Cc1cnc(OC2CCCN(c3nnc(C)s3)C2)nc1. The fraction of sp³-hybridized carbons (Fsp3) is 0.538. The van der Waals surface area contributed by atoms with Crippen LogP contribution in [0.5, 0.6) is 6.01 Å². The highest BCUT2D eigenvalue weighted by Crippen LogP contribution is 2.24. The minimum Gasteiger partial charge on any atom is -0.458 e. The van der Waals surface area contributed by atoms with Crippen molar-refractivity contribution in [2.75, 3.05) is 18.0 Å². The highest BCUT2D eigenvalue weighted by Gasteiger charge is 2.24. The number of nitrogens with zero attached hydrogens (tertiary/aromatic N) is 5. The van der Waals surface area contributed by atoms with E-state index in [0.717, 1.165) is 41.6 Å². The highest BCUT2D eigenvalue weighted by atomic mass is 32.1. The molecule has 3 rings (SSSR count). The molecule has 2 aromatic rings. The number of aryl methyl sites for hydroxylation is 2. The average molecular weight is 291 g/mol. The van der Waals surface area contributed by atoms with Crippen molar-refractivity contribution in [3.63, 3.8) is 0 Å². The number of anilines is 1. The third kappa shape index (κ3) is 3.04. The summed E-state index contributed by atoms with van der Waals surface area (Å²) in [6.07, 6.45) is 5.75. The Labute approximate surface area is 121 Å². The molecule has 106 valence electrons. The van der Waals surface area contributed by atoms with Gasteiger partial charge in [-0.25, -0.2) is 9.97 Å². The fourth-order valence-corrected chi connectivity index (χ4v) is 2.94. The van der Waals surface area contributed by atoms with Crippen LogP contribution in [0.25, 0.3) is 0 Å². The predicted molar refractivity (Wildman–Crippen MR) is 77.3 cm³/mol. The Kier molecular flexibility index (Phi) is 3.77. The Balaban J connectivity index is 1.64. The molecule has 0 radical (unpaired) electrons. The Bertz CT molecular complexity index is 570. The predicted octanol–water partition coefficient (Wildman–Crippen LogP) is 1.99. The molecule has 1 fully saturated rings. The molecule has 2 aromatic heterocycles. The normalized spacial score (nSPS) is 19.1. The van der Waals surface area contributed by atoms with Gasteiger partial charge in [0.15, 0.2) is 0 Å². The fourth-order valence-electron chi connectivity index (χ4n) is 2.21. The maximum Gasteiger partial charge on any atom is 0.316 e. The molecule has 0 bridgehead atoms. The Hall–Kier alpha value is -1.76. The van der Waals surface area contributed by atoms with E-state index in [0.29, 0.717) is 6.01 Å². The van der Waals surface area contributed by atoms with E-state index in [-0.39, 0.29) is 6.10 Å².